The van der Waals surface area contributed by atoms with Gasteiger partial charge in [0, 0.05) is 30.4 Å². The number of pyridine rings is 1. The minimum atomic E-state index is 0.619. The third-order valence-electron chi connectivity index (χ3n) is 3.25. The number of thiophene rings is 1. The lowest BCUT2D eigenvalue weighted by atomic mass is 10.2. The molecule has 3 aromatic heterocycles. The zero-order valence-corrected chi connectivity index (χ0v) is 13.2. The monoisotopic (exact) mass is 314 g/mol. The summed E-state index contributed by atoms with van der Waals surface area (Å²) < 4.78 is 5.54. The largest absolute Gasteiger partial charge is 0.478 e. The van der Waals surface area contributed by atoms with Crippen LogP contribution in [0.1, 0.15) is 18.1 Å². The third-order valence-corrected chi connectivity index (χ3v) is 4.13. The molecule has 0 aromatic carbocycles. The average molecular weight is 314 g/mol. The molecule has 0 radical (unpaired) electrons. The highest BCUT2D eigenvalue weighted by Crippen LogP contribution is 2.25. The number of aromatic nitrogens is 3. The van der Waals surface area contributed by atoms with Crippen molar-refractivity contribution in [2.75, 3.05) is 6.61 Å². The molecule has 0 atom stereocenters. The zero-order valence-electron chi connectivity index (χ0n) is 12.4. The molecule has 3 aromatic rings. The summed E-state index contributed by atoms with van der Waals surface area (Å²) in [5.74, 6) is 0.697. The van der Waals surface area contributed by atoms with Gasteiger partial charge in [-0.25, -0.2) is 4.98 Å². The van der Waals surface area contributed by atoms with Crippen molar-refractivity contribution in [2.45, 2.75) is 20.0 Å². The van der Waals surface area contributed by atoms with E-state index in [1.807, 2.05) is 31.3 Å². The minimum absolute atomic E-state index is 0.619. The fourth-order valence-electron chi connectivity index (χ4n) is 2.24. The van der Waals surface area contributed by atoms with Gasteiger partial charge in [-0.05, 0) is 24.4 Å². The number of rotatable bonds is 7. The second kappa shape index (κ2) is 7.20. The Morgan fingerprint density at radius 3 is 2.95 bits per heavy atom. The molecule has 114 valence electrons. The number of nitrogens with one attached hydrogen (secondary N) is 2. The molecule has 0 bridgehead atoms. The molecule has 22 heavy (non-hydrogen) atoms. The molecular formula is C16H18N4OS. The molecule has 0 unspecified atom stereocenters. The van der Waals surface area contributed by atoms with Gasteiger partial charge in [-0.1, -0.05) is 12.1 Å². The quantitative estimate of drug-likeness (QED) is 0.703. The Kier molecular flexibility index (Phi) is 4.82. The first-order valence-corrected chi connectivity index (χ1v) is 8.10. The van der Waals surface area contributed by atoms with Crippen molar-refractivity contribution >= 4 is 11.3 Å². The summed E-state index contributed by atoms with van der Waals surface area (Å²) in [5.41, 5.74) is 3.30. The Morgan fingerprint density at radius 1 is 1.23 bits per heavy atom. The van der Waals surface area contributed by atoms with Crippen LogP contribution in [0.15, 0.2) is 42.0 Å². The Bertz CT molecular complexity index is 709. The van der Waals surface area contributed by atoms with Gasteiger partial charge in [0.15, 0.2) is 0 Å². The summed E-state index contributed by atoms with van der Waals surface area (Å²) in [5, 5.41) is 12.7. The summed E-state index contributed by atoms with van der Waals surface area (Å²) in [7, 11) is 0. The fraction of sp³-hybridized carbons (Fsp3) is 0.250. The van der Waals surface area contributed by atoms with Gasteiger partial charge in [0.05, 0.1) is 23.4 Å². The third kappa shape index (κ3) is 3.35. The number of ether oxygens (including phenoxy) is 1. The molecule has 0 amide bonds. The Balaban J connectivity index is 1.64. The molecule has 2 N–H and O–H groups in total. The van der Waals surface area contributed by atoms with Gasteiger partial charge in [0.25, 0.3) is 0 Å². The van der Waals surface area contributed by atoms with Crippen molar-refractivity contribution in [3.63, 3.8) is 0 Å². The molecule has 3 rings (SSSR count). The number of hydrogen-bond acceptors (Lipinski definition) is 5. The number of aromatic amines is 1. The highest BCUT2D eigenvalue weighted by Gasteiger charge is 2.09. The maximum absolute atomic E-state index is 5.54. The second-order valence-electron chi connectivity index (χ2n) is 4.75. The Morgan fingerprint density at radius 2 is 2.14 bits per heavy atom. The SMILES string of the molecule is CCOc1ncccc1CNCc1cn[nH]c1-c1cccs1. The van der Waals surface area contributed by atoms with E-state index >= 15 is 0 Å². The van der Waals surface area contributed by atoms with Crippen LogP contribution in [-0.4, -0.2) is 21.8 Å². The first kappa shape index (κ1) is 14.7. The molecule has 0 aliphatic carbocycles. The van der Waals surface area contributed by atoms with E-state index in [9.17, 15) is 0 Å². The molecule has 0 fully saturated rings. The van der Waals surface area contributed by atoms with E-state index in [0.717, 1.165) is 23.4 Å². The van der Waals surface area contributed by atoms with Crippen LogP contribution >= 0.6 is 11.3 Å². The molecule has 3 heterocycles. The van der Waals surface area contributed by atoms with Crippen LogP contribution in [0.3, 0.4) is 0 Å². The Labute approximate surface area is 133 Å². The van der Waals surface area contributed by atoms with Gasteiger partial charge < -0.3 is 10.1 Å². The lowest BCUT2D eigenvalue weighted by Gasteiger charge is -2.09. The van der Waals surface area contributed by atoms with Crippen LogP contribution in [0.5, 0.6) is 5.88 Å². The van der Waals surface area contributed by atoms with Crippen molar-refractivity contribution < 1.29 is 4.74 Å². The van der Waals surface area contributed by atoms with Gasteiger partial charge in [-0.15, -0.1) is 11.3 Å². The molecule has 0 spiro atoms. The lowest BCUT2D eigenvalue weighted by molar-refractivity contribution is 0.322. The molecule has 0 saturated carbocycles. The molecule has 6 heteroatoms. The maximum Gasteiger partial charge on any atom is 0.217 e. The van der Waals surface area contributed by atoms with E-state index in [1.54, 1.807) is 17.5 Å². The summed E-state index contributed by atoms with van der Waals surface area (Å²) >= 11 is 1.70. The van der Waals surface area contributed by atoms with E-state index < -0.39 is 0 Å². The van der Waals surface area contributed by atoms with E-state index in [4.69, 9.17) is 4.74 Å². The van der Waals surface area contributed by atoms with Crippen LogP contribution in [-0.2, 0) is 13.1 Å². The van der Waals surface area contributed by atoms with Crippen LogP contribution in [0, 0.1) is 0 Å². The lowest BCUT2D eigenvalue weighted by Crippen LogP contribution is -2.14. The van der Waals surface area contributed by atoms with Crippen molar-refractivity contribution in [2.24, 2.45) is 0 Å². The van der Waals surface area contributed by atoms with Crippen LogP contribution < -0.4 is 10.1 Å². The number of nitrogens with zero attached hydrogens (tertiary/aromatic N) is 2. The first-order valence-electron chi connectivity index (χ1n) is 7.22. The van der Waals surface area contributed by atoms with Gasteiger partial charge in [-0.2, -0.15) is 5.10 Å². The van der Waals surface area contributed by atoms with E-state index in [1.165, 1.54) is 4.88 Å². The van der Waals surface area contributed by atoms with E-state index in [0.29, 0.717) is 19.0 Å². The normalized spacial score (nSPS) is 10.8. The maximum atomic E-state index is 5.54. The highest BCUT2D eigenvalue weighted by molar-refractivity contribution is 7.13. The average Bonchev–Trinajstić information content (AvgIpc) is 3.20. The molecule has 0 aliphatic rings. The van der Waals surface area contributed by atoms with Gasteiger partial charge in [0.1, 0.15) is 0 Å². The fourth-order valence-corrected chi connectivity index (χ4v) is 2.99. The summed E-state index contributed by atoms with van der Waals surface area (Å²) in [6.45, 7) is 4.03. The number of H-pyrrole nitrogens is 1. The van der Waals surface area contributed by atoms with E-state index in [-0.39, 0.29) is 0 Å². The molecule has 0 aliphatic heterocycles. The van der Waals surface area contributed by atoms with Crippen molar-refractivity contribution in [1.82, 2.24) is 20.5 Å². The smallest absolute Gasteiger partial charge is 0.217 e. The van der Waals surface area contributed by atoms with Crippen LogP contribution in [0.25, 0.3) is 10.6 Å². The summed E-state index contributed by atoms with van der Waals surface area (Å²) in [4.78, 5) is 5.46. The van der Waals surface area contributed by atoms with Gasteiger partial charge >= 0.3 is 0 Å². The number of hydrogen-bond donors (Lipinski definition) is 2. The molecular weight excluding hydrogens is 296 g/mol. The van der Waals surface area contributed by atoms with Gasteiger partial charge in [0.2, 0.25) is 5.88 Å². The predicted molar refractivity (Wildman–Crippen MR) is 87.9 cm³/mol. The zero-order chi connectivity index (χ0) is 15.2. The van der Waals surface area contributed by atoms with Crippen LogP contribution in [0.4, 0.5) is 0 Å². The van der Waals surface area contributed by atoms with Gasteiger partial charge in [-0.3, -0.25) is 5.10 Å². The second-order valence-corrected chi connectivity index (χ2v) is 5.70. The van der Waals surface area contributed by atoms with Crippen molar-refractivity contribution in [3.8, 4) is 16.5 Å². The van der Waals surface area contributed by atoms with E-state index in [2.05, 4.69) is 31.9 Å². The Hall–Kier alpha value is -2.18. The topological polar surface area (TPSA) is 62.8 Å². The van der Waals surface area contributed by atoms with Crippen molar-refractivity contribution in [3.05, 3.63) is 53.2 Å². The highest BCUT2D eigenvalue weighted by atomic mass is 32.1. The van der Waals surface area contributed by atoms with Crippen LogP contribution in [0.2, 0.25) is 0 Å². The minimum Gasteiger partial charge on any atom is -0.478 e. The predicted octanol–water partition coefficient (Wildman–Crippen LogP) is 3.22. The standard InChI is InChI=1S/C16H18N4OS/c1-2-21-16-12(5-3-7-18-16)9-17-10-13-11-19-20-15(13)14-6-4-8-22-14/h3-8,11,17H,2,9-10H2,1H3,(H,19,20). The summed E-state index contributed by atoms with van der Waals surface area (Å²) in [6.07, 6.45) is 3.62. The summed E-state index contributed by atoms with van der Waals surface area (Å²) in [6, 6.07) is 8.09. The van der Waals surface area contributed by atoms with Crippen molar-refractivity contribution in [1.29, 1.82) is 0 Å². The molecule has 5 nitrogen and oxygen atoms in total. The molecule has 0 saturated heterocycles. The first-order chi connectivity index (χ1) is 10.9.